The molecule has 2 heterocycles. The Labute approximate surface area is 152 Å². The predicted octanol–water partition coefficient (Wildman–Crippen LogP) is 4.16. The number of fused-ring (bicyclic) bond motifs is 1. The molecule has 0 spiro atoms. The number of hydrogen-bond donors (Lipinski definition) is 2. The molecule has 0 radical (unpaired) electrons. The number of carbonyl (C=O) groups excluding carboxylic acids is 2. The average molecular weight is 411 g/mol. The van der Waals surface area contributed by atoms with E-state index in [1.165, 1.54) is 11.3 Å². The summed E-state index contributed by atoms with van der Waals surface area (Å²) in [6.07, 6.45) is 1.25. The van der Waals surface area contributed by atoms with Crippen molar-refractivity contribution in [1.82, 2.24) is 15.2 Å². The number of aromatic nitrogens is 3. The highest BCUT2D eigenvalue weighted by Gasteiger charge is 2.34. The highest BCUT2D eigenvalue weighted by molar-refractivity contribution is 9.10. The summed E-state index contributed by atoms with van der Waals surface area (Å²) in [7, 11) is 0. The molecule has 128 valence electrons. The van der Waals surface area contributed by atoms with E-state index in [2.05, 4.69) is 50.3 Å². The molecule has 0 saturated carbocycles. The largest absolute Gasteiger partial charge is 0.296 e. The number of H-pyrrole nitrogens is 1. The minimum Gasteiger partial charge on any atom is -0.296 e. The monoisotopic (exact) mass is 410 g/mol. The Morgan fingerprint density at radius 1 is 1.38 bits per heavy atom. The van der Waals surface area contributed by atoms with Gasteiger partial charge in [0.25, 0.3) is 5.91 Å². The van der Waals surface area contributed by atoms with Crippen molar-refractivity contribution >= 4 is 44.1 Å². The third-order valence-corrected chi connectivity index (χ3v) is 5.84. The highest BCUT2D eigenvalue weighted by atomic mass is 79.9. The molecule has 1 aliphatic rings. The van der Waals surface area contributed by atoms with E-state index in [0.717, 1.165) is 17.8 Å². The first kappa shape index (κ1) is 17.3. The van der Waals surface area contributed by atoms with Crippen LogP contribution in [0.2, 0.25) is 0 Å². The van der Waals surface area contributed by atoms with Crippen LogP contribution in [-0.2, 0) is 6.42 Å². The standard InChI is InChI=1S/C16H19BrN4O2S/c1-7(2)11-10(17)12(21-20-11)14(23)19-15-18-8-5-16(3,4)6-9(22)13(8)24-15/h7H,5-6H2,1-4H3,(H,20,21)(H,18,19,23). The minimum absolute atomic E-state index is 0.0865. The number of nitrogens with zero attached hydrogens (tertiary/aromatic N) is 2. The van der Waals surface area contributed by atoms with E-state index in [4.69, 9.17) is 0 Å². The van der Waals surface area contributed by atoms with Crippen LogP contribution in [0.15, 0.2) is 4.47 Å². The number of ketones is 1. The van der Waals surface area contributed by atoms with Crippen LogP contribution in [-0.4, -0.2) is 26.9 Å². The van der Waals surface area contributed by atoms with Crippen molar-refractivity contribution in [2.45, 2.75) is 46.5 Å². The summed E-state index contributed by atoms with van der Waals surface area (Å²) < 4.78 is 0.661. The first-order valence-corrected chi connectivity index (χ1v) is 9.37. The van der Waals surface area contributed by atoms with E-state index >= 15 is 0 Å². The van der Waals surface area contributed by atoms with Gasteiger partial charge in [0.1, 0.15) is 0 Å². The summed E-state index contributed by atoms with van der Waals surface area (Å²) in [5, 5.41) is 10.2. The van der Waals surface area contributed by atoms with Gasteiger partial charge in [-0.25, -0.2) is 4.98 Å². The van der Waals surface area contributed by atoms with Crippen molar-refractivity contribution < 1.29 is 9.59 Å². The Kier molecular flexibility index (Phi) is 4.37. The fourth-order valence-corrected chi connectivity index (χ4v) is 4.53. The molecule has 0 aliphatic heterocycles. The molecular weight excluding hydrogens is 392 g/mol. The van der Waals surface area contributed by atoms with Gasteiger partial charge in [-0.15, -0.1) is 0 Å². The number of anilines is 1. The van der Waals surface area contributed by atoms with Gasteiger partial charge in [0.05, 0.1) is 20.7 Å². The second kappa shape index (κ2) is 6.07. The smallest absolute Gasteiger partial charge is 0.279 e. The van der Waals surface area contributed by atoms with Gasteiger partial charge < -0.3 is 0 Å². The Balaban J connectivity index is 1.83. The van der Waals surface area contributed by atoms with Gasteiger partial charge in [0.15, 0.2) is 16.6 Å². The topological polar surface area (TPSA) is 87.7 Å². The average Bonchev–Trinajstić information content (AvgIpc) is 3.00. The van der Waals surface area contributed by atoms with Crippen LogP contribution in [0.3, 0.4) is 0 Å². The number of aromatic amines is 1. The molecular formula is C16H19BrN4O2S. The van der Waals surface area contributed by atoms with E-state index < -0.39 is 0 Å². The minimum atomic E-state index is -0.345. The number of halogens is 1. The third-order valence-electron chi connectivity index (χ3n) is 3.98. The van der Waals surface area contributed by atoms with Gasteiger partial charge >= 0.3 is 0 Å². The SMILES string of the molecule is CC(C)c1[nH]nc(C(=O)Nc2nc3c(s2)C(=O)CC(C)(C)C3)c1Br. The molecule has 2 N–H and O–H groups in total. The summed E-state index contributed by atoms with van der Waals surface area (Å²) in [6, 6.07) is 0. The van der Waals surface area contributed by atoms with Crippen LogP contribution in [0.5, 0.6) is 0 Å². The third kappa shape index (κ3) is 3.17. The van der Waals surface area contributed by atoms with Gasteiger partial charge in [0.2, 0.25) is 0 Å². The van der Waals surface area contributed by atoms with Gasteiger partial charge in [-0.1, -0.05) is 39.0 Å². The van der Waals surface area contributed by atoms with Crippen molar-refractivity contribution in [3.63, 3.8) is 0 Å². The molecule has 2 aromatic heterocycles. The Bertz CT molecular complexity index is 822. The van der Waals surface area contributed by atoms with E-state index in [1.54, 1.807) is 0 Å². The molecule has 24 heavy (non-hydrogen) atoms. The van der Waals surface area contributed by atoms with Gasteiger partial charge in [-0.05, 0) is 33.7 Å². The van der Waals surface area contributed by atoms with Crippen molar-refractivity contribution in [1.29, 1.82) is 0 Å². The van der Waals surface area contributed by atoms with Crippen molar-refractivity contribution in [3.8, 4) is 0 Å². The van der Waals surface area contributed by atoms with Crippen molar-refractivity contribution in [2.75, 3.05) is 5.32 Å². The lowest BCUT2D eigenvalue weighted by molar-refractivity contribution is 0.0915. The molecule has 0 fully saturated rings. The number of amides is 1. The zero-order valence-electron chi connectivity index (χ0n) is 14.0. The molecule has 0 aromatic carbocycles. The number of hydrogen-bond acceptors (Lipinski definition) is 5. The fourth-order valence-electron chi connectivity index (χ4n) is 2.80. The first-order valence-electron chi connectivity index (χ1n) is 7.76. The lowest BCUT2D eigenvalue weighted by Crippen LogP contribution is -2.26. The number of Topliss-reactive ketones (excluding diaryl/α,β-unsaturated/α-hetero) is 1. The number of thiazole rings is 1. The molecule has 0 unspecified atom stereocenters. The lowest BCUT2D eigenvalue weighted by atomic mass is 9.78. The summed E-state index contributed by atoms with van der Waals surface area (Å²) in [4.78, 5) is 29.8. The highest BCUT2D eigenvalue weighted by Crippen LogP contribution is 2.38. The number of rotatable bonds is 3. The Morgan fingerprint density at radius 3 is 2.71 bits per heavy atom. The normalized spacial score (nSPS) is 16.3. The maximum Gasteiger partial charge on any atom is 0.279 e. The van der Waals surface area contributed by atoms with E-state index in [0.29, 0.717) is 26.6 Å². The summed E-state index contributed by atoms with van der Waals surface area (Å²) >= 11 is 4.66. The summed E-state index contributed by atoms with van der Waals surface area (Å²) in [6.45, 7) is 8.14. The van der Waals surface area contributed by atoms with E-state index in [-0.39, 0.29) is 23.0 Å². The van der Waals surface area contributed by atoms with Crippen LogP contribution in [0.1, 0.15) is 71.6 Å². The van der Waals surface area contributed by atoms with Crippen molar-refractivity contribution in [2.24, 2.45) is 5.41 Å². The van der Waals surface area contributed by atoms with Crippen LogP contribution < -0.4 is 5.32 Å². The zero-order chi connectivity index (χ0) is 17.6. The maximum atomic E-state index is 12.5. The molecule has 8 heteroatoms. The molecule has 2 aromatic rings. The molecule has 1 aliphatic carbocycles. The Morgan fingerprint density at radius 2 is 2.08 bits per heavy atom. The lowest BCUT2D eigenvalue weighted by Gasteiger charge is -2.26. The maximum absolute atomic E-state index is 12.5. The number of nitrogens with one attached hydrogen (secondary N) is 2. The molecule has 0 saturated heterocycles. The van der Waals surface area contributed by atoms with E-state index in [1.807, 2.05) is 13.8 Å². The number of carbonyl (C=O) groups is 2. The van der Waals surface area contributed by atoms with Gasteiger partial charge in [-0.2, -0.15) is 5.10 Å². The van der Waals surface area contributed by atoms with E-state index in [9.17, 15) is 9.59 Å². The molecule has 6 nitrogen and oxygen atoms in total. The van der Waals surface area contributed by atoms with Crippen molar-refractivity contribution in [3.05, 3.63) is 26.4 Å². The van der Waals surface area contributed by atoms with Crippen LogP contribution >= 0.6 is 27.3 Å². The van der Waals surface area contributed by atoms with Gasteiger partial charge in [0, 0.05) is 6.42 Å². The van der Waals surface area contributed by atoms with Crippen LogP contribution in [0, 0.1) is 5.41 Å². The first-order chi connectivity index (χ1) is 11.2. The molecule has 1 amide bonds. The fraction of sp³-hybridized carbons (Fsp3) is 0.500. The Hall–Kier alpha value is -1.54. The molecule has 3 rings (SSSR count). The molecule has 0 atom stereocenters. The zero-order valence-corrected chi connectivity index (χ0v) is 16.4. The second-order valence-corrected chi connectivity index (χ2v) is 8.94. The van der Waals surface area contributed by atoms with Crippen LogP contribution in [0.4, 0.5) is 5.13 Å². The van der Waals surface area contributed by atoms with Gasteiger partial charge in [-0.3, -0.25) is 20.0 Å². The predicted molar refractivity (Wildman–Crippen MR) is 96.9 cm³/mol. The second-order valence-electron chi connectivity index (χ2n) is 7.14. The molecule has 0 bridgehead atoms. The quantitative estimate of drug-likeness (QED) is 0.794. The summed E-state index contributed by atoms with van der Waals surface area (Å²) in [5.41, 5.74) is 1.85. The van der Waals surface area contributed by atoms with Crippen LogP contribution in [0.25, 0.3) is 0 Å². The summed E-state index contributed by atoms with van der Waals surface area (Å²) in [5.74, 6) is -0.0226.